The lowest BCUT2D eigenvalue weighted by atomic mass is 9.86. The number of aliphatic hydroxyl groups excluding tert-OH is 1. The first kappa shape index (κ1) is 20.5. The summed E-state index contributed by atoms with van der Waals surface area (Å²) in [6.07, 6.45) is 7.94. The molecule has 1 N–H and O–H groups in total. The van der Waals surface area contributed by atoms with Gasteiger partial charge in [0.1, 0.15) is 0 Å². The molecule has 26 heavy (non-hydrogen) atoms. The minimum absolute atomic E-state index is 0.145. The van der Waals surface area contributed by atoms with Crippen molar-refractivity contribution in [1.82, 2.24) is 0 Å². The summed E-state index contributed by atoms with van der Waals surface area (Å²) in [5.41, 5.74) is 1.22. The minimum atomic E-state index is 0.145. The summed E-state index contributed by atoms with van der Waals surface area (Å²) in [6, 6.07) is 9.99. The molecule has 0 amide bonds. The highest BCUT2D eigenvalue weighted by Gasteiger charge is 2.33. The zero-order chi connectivity index (χ0) is 18.5. The molecule has 0 bridgehead atoms. The molecule has 1 saturated carbocycles. The van der Waals surface area contributed by atoms with Crippen molar-refractivity contribution < 1.29 is 5.11 Å². The van der Waals surface area contributed by atoms with Gasteiger partial charge >= 0.3 is 0 Å². The number of rotatable bonds is 8. The second kappa shape index (κ2) is 9.80. The van der Waals surface area contributed by atoms with Crippen molar-refractivity contribution in [2.45, 2.75) is 56.9 Å². The molecular weight excluding hydrogens is 407 g/mol. The average molecular weight is 432 g/mol. The van der Waals surface area contributed by atoms with E-state index in [9.17, 15) is 5.11 Å². The van der Waals surface area contributed by atoms with Gasteiger partial charge in [0.05, 0.1) is 6.61 Å². The molecule has 1 fully saturated rings. The number of benzene rings is 1. The third-order valence-corrected chi connectivity index (χ3v) is 7.55. The fourth-order valence-electron chi connectivity index (χ4n) is 4.13. The second-order valence-electron chi connectivity index (χ2n) is 7.25. The molecule has 1 aromatic heterocycles. The van der Waals surface area contributed by atoms with E-state index in [2.05, 4.69) is 6.07 Å². The Kier molecular flexibility index (Phi) is 7.72. The van der Waals surface area contributed by atoms with Crippen molar-refractivity contribution in [3.8, 4) is 0 Å². The van der Waals surface area contributed by atoms with E-state index in [1.54, 1.807) is 17.4 Å². The summed E-state index contributed by atoms with van der Waals surface area (Å²) in [5.74, 6) is 1.29. The monoisotopic (exact) mass is 430 g/mol. The van der Waals surface area contributed by atoms with E-state index in [1.165, 1.54) is 29.7 Å². The minimum Gasteiger partial charge on any atom is -0.391 e. The lowest BCUT2D eigenvalue weighted by Crippen LogP contribution is -2.16. The van der Waals surface area contributed by atoms with Crippen LogP contribution in [0.1, 0.15) is 47.4 Å². The predicted molar refractivity (Wildman–Crippen MR) is 114 cm³/mol. The van der Waals surface area contributed by atoms with Gasteiger partial charge in [-0.05, 0) is 92.7 Å². The summed E-state index contributed by atoms with van der Waals surface area (Å²) in [7, 11) is 0. The number of hydrogen-bond acceptors (Lipinski definition) is 2. The van der Waals surface area contributed by atoms with Crippen molar-refractivity contribution in [1.29, 1.82) is 0 Å². The highest BCUT2D eigenvalue weighted by molar-refractivity contribution is 7.11. The Bertz CT molecular complexity index is 695. The fraction of sp³-hybridized carbons (Fsp3) is 0.524. The first-order chi connectivity index (χ1) is 12.5. The maximum absolute atomic E-state index is 9.18. The number of aliphatic hydroxyl groups is 1. The highest BCUT2D eigenvalue weighted by atomic mass is 35.5. The van der Waals surface area contributed by atoms with Gasteiger partial charge in [0, 0.05) is 25.2 Å². The lowest BCUT2D eigenvalue weighted by molar-refractivity contribution is 0.285. The summed E-state index contributed by atoms with van der Waals surface area (Å²) >= 11 is 20.6. The largest absolute Gasteiger partial charge is 0.391 e. The third-order valence-electron chi connectivity index (χ3n) is 5.44. The van der Waals surface area contributed by atoms with Crippen LogP contribution in [0, 0.1) is 11.8 Å². The molecule has 2 aromatic rings. The van der Waals surface area contributed by atoms with E-state index in [0.29, 0.717) is 27.3 Å². The van der Waals surface area contributed by atoms with Crippen LogP contribution in [-0.4, -0.2) is 10.5 Å². The molecule has 142 valence electrons. The summed E-state index contributed by atoms with van der Waals surface area (Å²) in [5, 5.41) is 10.9. The number of aryl methyl sites for hydroxylation is 2. The van der Waals surface area contributed by atoms with Crippen molar-refractivity contribution >= 4 is 46.1 Å². The normalized spacial score (nSPS) is 22.8. The van der Waals surface area contributed by atoms with Gasteiger partial charge in [-0.2, -0.15) is 0 Å². The molecule has 0 radical (unpaired) electrons. The van der Waals surface area contributed by atoms with Gasteiger partial charge in [0.15, 0.2) is 0 Å². The molecule has 0 unspecified atom stereocenters. The Morgan fingerprint density at radius 2 is 1.69 bits per heavy atom. The molecule has 3 atom stereocenters. The maximum atomic E-state index is 9.18. The van der Waals surface area contributed by atoms with Gasteiger partial charge in [-0.25, -0.2) is 0 Å². The Morgan fingerprint density at radius 3 is 2.38 bits per heavy atom. The van der Waals surface area contributed by atoms with E-state index >= 15 is 0 Å². The van der Waals surface area contributed by atoms with Gasteiger partial charge in [-0.3, -0.25) is 0 Å². The Morgan fingerprint density at radius 1 is 0.962 bits per heavy atom. The van der Waals surface area contributed by atoms with E-state index in [1.807, 2.05) is 18.2 Å². The standard InChI is InChI=1S/C21H25Cl3OS/c22-16-10-14(11-17(23)12-16)4-5-15-6-9-21(24)20(15)3-1-2-18-7-8-19(13-25)26-18/h7-8,10-12,15,20-21,25H,1-6,9,13H2/t15-,20+,21+/m0/s1. The Hall–Kier alpha value is -0.250. The zero-order valence-corrected chi connectivity index (χ0v) is 17.8. The van der Waals surface area contributed by atoms with Crippen molar-refractivity contribution in [3.63, 3.8) is 0 Å². The molecular formula is C21H25Cl3OS. The SMILES string of the molecule is OCc1ccc(CCC[C@@H]2[C@@H](CCc3cc(Cl)cc(Cl)c3)CC[C@H]2Cl)s1. The van der Waals surface area contributed by atoms with Crippen LogP contribution in [0.5, 0.6) is 0 Å². The van der Waals surface area contributed by atoms with E-state index in [0.717, 1.165) is 30.6 Å². The molecule has 3 rings (SSSR count). The molecule has 0 spiro atoms. The number of alkyl halides is 1. The molecule has 1 heterocycles. The van der Waals surface area contributed by atoms with Gasteiger partial charge in [-0.15, -0.1) is 22.9 Å². The van der Waals surface area contributed by atoms with Gasteiger partial charge in [0.2, 0.25) is 0 Å². The van der Waals surface area contributed by atoms with Crippen LogP contribution in [0.3, 0.4) is 0 Å². The van der Waals surface area contributed by atoms with Gasteiger partial charge in [-0.1, -0.05) is 23.2 Å². The molecule has 0 aliphatic heterocycles. The van der Waals surface area contributed by atoms with Crippen LogP contribution in [0.15, 0.2) is 30.3 Å². The molecule has 5 heteroatoms. The van der Waals surface area contributed by atoms with Crippen LogP contribution in [0.4, 0.5) is 0 Å². The van der Waals surface area contributed by atoms with Crippen LogP contribution >= 0.6 is 46.1 Å². The smallest absolute Gasteiger partial charge is 0.0774 e. The molecule has 0 saturated heterocycles. The first-order valence-electron chi connectivity index (χ1n) is 9.32. The second-order valence-corrected chi connectivity index (χ2v) is 9.94. The van der Waals surface area contributed by atoms with Crippen LogP contribution in [-0.2, 0) is 19.4 Å². The van der Waals surface area contributed by atoms with Crippen molar-refractivity contribution in [2.75, 3.05) is 0 Å². The molecule has 1 aliphatic rings. The predicted octanol–water partition coefficient (Wildman–Crippen LogP) is 7.14. The van der Waals surface area contributed by atoms with Crippen LogP contribution in [0.2, 0.25) is 10.0 Å². The molecule has 1 aliphatic carbocycles. The number of hydrogen-bond donors (Lipinski definition) is 1. The quantitative estimate of drug-likeness (QED) is 0.440. The Labute approximate surface area is 175 Å². The van der Waals surface area contributed by atoms with Gasteiger partial charge < -0.3 is 5.11 Å². The molecule has 1 nitrogen and oxygen atoms in total. The summed E-state index contributed by atoms with van der Waals surface area (Å²) in [4.78, 5) is 2.41. The topological polar surface area (TPSA) is 20.2 Å². The molecule has 1 aromatic carbocycles. The van der Waals surface area contributed by atoms with Crippen LogP contribution < -0.4 is 0 Å². The van der Waals surface area contributed by atoms with E-state index in [4.69, 9.17) is 34.8 Å². The highest BCUT2D eigenvalue weighted by Crippen LogP contribution is 2.41. The van der Waals surface area contributed by atoms with E-state index < -0.39 is 0 Å². The number of thiophene rings is 1. The lowest BCUT2D eigenvalue weighted by Gasteiger charge is -2.22. The zero-order valence-electron chi connectivity index (χ0n) is 14.8. The average Bonchev–Trinajstić information content (AvgIpc) is 3.20. The summed E-state index contributed by atoms with van der Waals surface area (Å²) < 4.78 is 0. The maximum Gasteiger partial charge on any atom is 0.0774 e. The van der Waals surface area contributed by atoms with Gasteiger partial charge in [0.25, 0.3) is 0 Å². The van der Waals surface area contributed by atoms with E-state index in [-0.39, 0.29) is 6.61 Å². The van der Waals surface area contributed by atoms with Crippen LogP contribution in [0.25, 0.3) is 0 Å². The first-order valence-corrected chi connectivity index (χ1v) is 11.3. The van der Waals surface area contributed by atoms with Crippen molar-refractivity contribution in [2.24, 2.45) is 11.8 Å². The summed E-state index contributed by atoms with van der Waals surface area (Å²) in [6.45, 7) is 0.145. The van der Waals surface area contributed by atoms with Crippen molar-refractivity contribution in [3.05, 3.63) is 55.7 Å². The fourth-order valence-corrected chi connectivity index (χ4v) is 6.08. The number of halogens is 3. The third kappa shape index (κ3) is 5.62. The Balaban J connectivity index is 1.50.